The molecule has 0 unspecified atom stereocenters. The first-order chi connectivity index (χ1) is 13.1. The van der Waals surface area contributed by atoms with Crippen LogP contribution in [0.4, 0.5) is 13.2 Å². The topological polar surface area (TPSA) is 64.4 Å². The van der Waals surface area contributed by atoms with Gasteiger partial charge in [0.05, 0.1) is 16.6 Å². The molecule has 28 heavy (non-hydrogen) atoms. The fourth-order valence-corrected chi connectivity index (χ4v) is 3.91. The fraction of sp³-hybridized carbons (Fsp3) is 0.278. The van der Waals surface area contributed by atoms with Crippen LogP contribution in [-0.4, -0.2) is 33.8 Å². The Morgan fingerprint density at radius 1 is 1.32 bits per heavy atom. The summed E-state index contributed by atoms with van der Waals surface area (Å²) in [5.41, 5.74) is 0.457. The molecule has 0 aliphatic rings. The lowest BCUT2D eigenvalue weighted by Gasteiger charge is -2.19. The number of thiophene rings is 1. The number of hydrogen-bond donors (Lipinski definition) is 0. The minimum atomic E-state index is -4.83. The first-order valence-corrected chi connectivity index (χ1v) is 8.94. The average Bonchev–Trinajstić information content (AvgIpc) is 2.95. The van der Waals surface area contributed by atoms with Gasteiger partial charge < -0.3 is 14.2 Å². The number of ether oxygens (including phenoxy) is 1. The Morgan fingerprint density at radius 3 is 2.68 bits per heavy atom. The van der Waals surface area contributed by atoms with Gasteiger partial charge >= 0.3 is 6.36 Å². The summed E-state index contributed by atoms with van der Waals surface area (Å²) in [5.74, 6) is -0.775. The maximum Gasteiger partial charge on any atom is 0.573 e. The van der Waals surface area contributed by atoms with Crippen molar-refractivity contribution in [1.29, 1.82) is 0 Å². The van der Waals surface area contributed by atoms with Crippen molar-refractivity contribution >= 4 is 27.5 Å². The van der Waals surface area contributed by atoms with Gasteiger partial charge in [-0.2, -0.15) is 0 Å². The number of nitrogens with zero attached hydrogens (tertiary/aromatic N) is 3. The highest BCUT2D eigenvalue weighted by Gasteiger charge is 2.32. The molecule has 2 aromatic heterocycles. The monoisotopic (exact) mass is 411 g/mol. The molecular formula is C18H16F3N3O3S. The smallest absolute Gasteiger partial charge is 0.405 e. The van der Waals surface area contributed by atoms with E-state index in [2.05, 4.69) is 9.72 Å². The van der Waals surface area contributed by atoms with Crippen LogP contribution in [-0.2, 0) is 13.6 Å². The minimum Gasteiger partial charge on any atom is -0.405 e. The molecule has 0 N–H and O–H groups in total. The molecule has 1 aromatic carbocycles. The molecule has 0 fully saturated rings. The number of aromatic nitrogens is 2. The molecule has 0 saturated heterocycles. The van der Waals surface area contributed by atoms with Crippen LogP contribution >= 0.6 is 11.3 Å². The van der Waals surface area contributed by atoms with E-state index in [1.807, 2.05) is 0 Å². The predicted molar refractivity (Wildman–Crippen MR) is 98.5 cm³/mol. The SMILES string of the molecule is Cc1c(C(=O)N(C)Cc2ccccc2OC(F)(F)F)sc2ncn(C)c(=O)c12. The summed E-state index contributed by atoms with van der Waals surface area (Å²) in [5, 5.41) is 0.368. The van der Waals surface area contributed by atoms with E-state index in [1.165, 1.54) is 41.0 Å². The van der Waals surface area contributed by atoms with Gasteiger partial charge in [-0.25, -0.2) is 4.98 Å². The first kappa shape index (κ1) is 19.9. The molecular weight excluding hydrogens is 395 g/mol. The Bertz CT molecular complexity index is 1100. The van der Waals surface area contributed by atoms with E-state index < -0.39 is 12.3 Å². The zero-order chi connectivity index (χ0) is 20.6. The number of rotatable bonds is 4. The summed E-state index contributed by atoms with van der Waals surface area (Å²) < 4.78 is 43.1. The van der Waals surface area contributed by atoms with Gasteiger partial charge in [-0.1, -0.05) is 18.2 Å². The number of benzene rings is 1. The fourth-order valence-electron chi connectivity index (χ4n) is 2.77. The number of halogens is 3. The van der Waals surface area contributed by atoms with Crippen LogP contribution in [0.25, 0.3) is 10.2 Å². The van der Waals surface area contributed by atoms with Crippen LogP contribution in [0.5, 0.6) is 5.75 Å². The third kappa shape index (κ3) is 3.86. The van der Waals surface area contributed by atoms with Gasteiger partial charge in [0, 0.05) is 26.2 Å². The summed E-state index contributed by atoms with van der Waals surface area (Å²) in [6.07, 6.45) is -3.45. The lowest BCUT2D eigenvalue weighted by molar-refractivity contribution is -0.275. The van der Waals surface area contributed by atoms with Crippen molar-refractivity contribution in [1.82, 2.24) is 14.5 Å². The van der Waals surface area contributed by atoms with E-state index >= 15 is 0 Å². The normalized spacial score (nSPS) is 11.6. The van der Waals surface area contributed by atoms with Crippen molar-refractivity contribution < 1.29 is 22.7 Å². The number of hydrogen-bond acceptors (Lipinski definition) is 5. The average molecular weight is 411 g/mol. The molecule has 0 atom stereocenters. The third-order valence-corrected chi connectivity index (χ3v) is 5.35. The Morgan fingerprint density at radius 2 is 2.00 bits per heavy atom. The molecule has 0 saturated carbocycles. The Hall–Kier alpha value is -2.88. The van der Waals surface area contributed by atoms with Crippen molar-refractivity contribution in [2.24, 2.45) is 7.05 Å². The summed E-state index contributed by atoms with van der Waals surface area (Å²) in [6, 6.07) is 5.64. The second-order valence-corrected chi connectivity index (χ2v) is 7.21. The van der Waals surface area contributed by atoms with Gasteiger partial charge in [0.1, 0.15) is 10.6 Å². The molecule has 10 heteroatoms. The minimum absolute atomic E-state index is 0.0930. The van der Waals surface area contributed by atoms with E-state index in [0.717, 1.165) is 11.3 Å². The number of carbonyl (C=O) groups excluding carboxylic acids is 1. The molecule has 0 bridgehead atoms. The van der Waals surface area contributed by atoms with Crippen molar-refractivity contribution in [2.75, 3.05) is 7.05 Å². The molecule has 0 aliphatic carbocycles. The van der Waals surface area contributed by atoms with E-state index in [-0.39, 0.29) is 23.4 Å². The number of alkyl halides is 3. The first-order valence-electron chi connectivity index (χ1n) is 8.12. The van der Waals surface area contributed by atoms with Gasteiger partial charge in [0.25, 0.3) is 11.5 Å². The highest BCUT2D eigenvalue weighted by Crippen LogP contribution is 2.30. The number of para-hydroxylation sites is 1. The van der Waals surface area contributed by atoms with Crippen LogP contribution in [0.1, 0.15) is 20.8 Å². The largest absolute Gasteiger partial charge is 0.573 e. The van der Waals surface area contributed by atoms with Crippen LogP contribution < -0.4 is 10.3 Å². The van der Waals surface area contributed by atoms with E-state index in [9.17, 15) is 22.8 Å². The molecule has 0 aliphatic heterocycles. The third-order valence-electron chi connectivity index (χ3n) is 4.16. The number of aryl methyl sites for hydroxylation is 2. The van der Waals surface area contributed by atoms with Crippen LogP contribution in [0, 0.1) is 6.92 Å². The van der Waals surface area contributed by atoms with E-state index in [1.54, 1.807) is 20.0 Å². The van der Waals surface area contributed by atoms with Crippen LogP contribution in [0.2, 0.25) is 0 Å². The highest BCUT2D eigenvalue weighted by atomic mass is 32.1. The number of carbonyl (C=O) groups is 1. The standard InChI is InChI=1S/C18H16F3N3O3S/c1-10-13-15(22-9-24(3)16(13)25)28-14(10)17(26)23(2)8-11-6-4-5-7-12(11)27-18(19,20)21/h4-7,9H,8H2,1-3H3. The van der Waals surface area contributed by atoms with Crippen LogP contribution in [0.15, 0.2) is 35.4 Å². The van der Waals surface area contributed by atoms with Crippen LogP contribution in [0.3, 0.4) is 0 Å². The molecule has 148 valence electrons. The molecule has 0 spiro atoms. The van der Waals surface area contributed by atoms with Crippen molar-refractivity contribution in [3.05, 3.63) is 57.0 Å². The number of amides is 1. The maximum atomic E-state index is 12.9. The van der Waals surface area contributed by atoms with Gasteiger partial charge in [0.15, 0.2) is 0 Å². The zero-order valence-electron chi connectivity index (χ0n) is 15.2. The lowest BCUT2D eigenvalue weighted by atomic mass is 10.1. The maximum absolute atomic E-state index is 12.9. The molecule has 6 nitrogen and oxygen atoms in total. The molecule has 2 heterocycles. The Labute approximate surface area is 161 Å². The molecule has 1 amide bonds. The highest BCUT2D eigenvalue weighted by molar-refractivity contribution is 7.20. The second kappa shape index (κ2) is 7.27. The summed E-state index contributed by atoms with van der Waals surface area (Å²) in [7, 11) is 3.04. The predicted octanol–water partition coefficient (Wildman–Crippen LogP) is 3.47. The van der Waals surface area contributed by atoms with Crippen molar-refractivity contribution in [2.45, 2.75) is 19.8 Å². The quantitative estimate of drug-likeness (QED) is 0.660. The van der Waals surface area contributed by atoms with Gasteiger partial charge in [0.2, 0.25) is 0 Å². The van der Waals surface area contributed by atoms with Crippen molar-refractivity contribution in [3.63, 3.8) is 0 Å². The summed E-state index contributed by atoms with van der Waals surface area (Å²) in [4.78, 5) is 31.4. The number of fused-ring (bicyclic) bond motifs is 1. The van der Waals surface area contributed by atoms with Gasteiger partial charge in [-0.05, 0) is 18.6 Å². The Balaban J connectivity index is 1.91. The Kier molecular flexibility index (Phi) is 5.16. The summed E-state index contributed by atoms with van der Waals surface area (Å²) in [6.45, 7) is 1.56. The van der Waals surface area contributed by atoms with E-state index in [0.29, 0.717) is 20.7 Å². The molecule has 0 radical (unpaired) electrons. The zero-order valence-corrected chi connectivity index (χ0v) is 16.0. The van der Waals surface area contributed by atoms with E-state index in [4.69, 9.17) is 0 Å². The second-order valence-electron chi connectivity index (χ2n) is 6.21. The van der Waals surface area contributed by atoms with Gasteiger partial charge in [-0.3, -0.25) is 9.59 Å². The molecule has 3 aromatic rings. The summed E-state index contributed by atoms with van der Waals surface area (Å²) >= 11 is 1.08. The lowest BCUT2D eigenvalue weighted by Crippen LogP contribution is -2.27. The van der Waals surface area contributed by atoms with Crippen molar-refractivity contribution in [3.8, 4) is 5.75 Å². The van der Waals surface area contributed by atoms with Gasteiger partial charge in [-0.15, -0.1) is 24.5 Å². The molecule has 3 rings (SSSR count).